The molecule has 0 atom stereocenters. The average molecular weight is 1560 g/mol. The van der Waals surface area contributed by atoms with Crippen molar-refractivity contribution in [2.24, 2.45) is 0 Å². The summed E-state index contributed by atoms with van der Waals surface area (Å²) in [6.45, 7) is 6.72. The van der Waals surface area contributed by atoms with E-state index in [9.17, 15) is 0 Å². The van der Waals surface area contributed by atoms with Crippen molar-refractivity contribution in [3.05, 3.63) is 496 Å². The number of aromatic nitrogens is 2. The number of rotatable bonds is 5. The Morgan fingerprint density at radius 2 is 0.475 bits per heavy atom. The van der Waals surface area contributed by atoms with Crippen LogP contribution >= 0.6 is 11.3 Å². The lowest BCUT2D eigenvalue weighted by Gasteiger charge is -2.30. The van der Waals surface area contributed by atoms with Crippen molar-refractivity contribution >= 4 is 60.5 Å². The standard InChI is InChI=1S/C119H70N2S/c1-3-31-90-70(4-2)106-86(45-29-60-102(106)116(90)91-47-16-5-32-75(91)76-33-6-17-48-92(76)116)114-112-113(115(122-114)87-46-30-61-105-109(87)85-42-15-26-57-101(85)119(105)97-53-22-11-38-81(97)82-39-12-23-54-98(82)119)121-111-89-67-69(72-44-28-59-104-108(72)84-41-14-25-56-100(84)118(104)95-51-20-9-36-79(95)80-37-10-21-52-96(80)118)63-65-74(89)73-64-62-68(66-88(73)110(111)120-112)71-43-27-58-103-107(71)83-40-13-24-55-99(83)117(103)93-49-18-7-34-77(93)78-35-8-19-50-94(78)117/h3-67H,1H2,2H3/b70-4+,90-31+. The van der Waals surface area contributed by atoms with Crippen molar-refractivity contribution in [3.8, 4) is 121 Å². The Bertz CT molecular complexity index is 8150. The predicted molar refractivity (Wildman–Crippen MR) is 504 cm³/mol. The van der Waals surface area contributed by atoms with Crippen LogP contribution in [0.25, 0.3) is 170 Å². The van der Waals surface area contributed by atoms with Gasteiger partial charge in [-0.05, 0) is 230 Å². The van der Waals surface area contributed by atoms with Gasteiger partial charge in [0.05, 0.1) is 42.4 Å². The molecule has 20 aromatic rings. The summed E-state index contributed by atoms with van der Waals surface area (Å²) in [4.78, 5) is 15.3. The van der Waals surface area contributed by atoms with Crippen LogP contribution < -0.4 is 0 Å². The maximum Gasteiger partial charge on any atom is 0.109 e. The topological polar surface area (TPSA) is 25.8 Å². The summed E-state index contributed by atoms with van der Waals surface area (Å²) in [7, 11) is 0. The third-order valence-corrected chi connectivity index (χ3v) is 30.7. The summed E-state index contributed by atoms with van der Waals surface area (Å²) in [5.41, 5.74) is 49.0. The number of hydrogen-bond donors (Lipinski definition) is 0. The van der Waals surface area contributed by atoms with E-state index >= 15 is 0 Å². The zero-order valence-electron chi connectivity index (χ0n) is 66.5. The fourth-order valence-corrected chi connectivity index (χ4v) is 26.6. The zero-order chi connectivity index (χ0) is 79.8. The first kappa shape index (κ1) is 67.0. The highest BCUT2D eigenvalue weighted by Gasteiger charge is 2.58. The third kappa shape index (κ3) is 7.82. The van der Waals surface area contributed by atoms with Crippen LogP contribution in [0.2, 0.25) is 0 Å². The fraction of sp³-hybridized carbons (Fsp3) is 0.0420. The van der Waals surface area contributed by atoms with Gasteiger partial charge < -0.3 is 0 Å². The van der Waals surface area contributed by atoms with Gasteiger partial charge in [-0.3, -0.25) is 0 Å². The zero-order valence-corrected chi connectivity index (χ0v) is 67.4. The van der Waals surface area contributed by atoms with Gasteiger partial charge in [0.15, 0.2) is 0 Å². The molecular weight excluding hydrogens is 1490 g/mol. The molecule has 2 aromatic heterocycles. The summed E-state index contributed by atoms with van der Waals surface area (Å²) in [5, 5.41) is 4.34. The molecule has 3 heteroatoms. The van der Waals surface area contributed by atoms with Gasteiger partial charge in [-0.15, -0.1) is 11.3 Å². The molecule has 0 saturated carbocycles. The molecule has 28 rings (SSSR count). The molecule has 0 unspecified atom stereocenters. The molecule has 18 aromatic carbocycles. The molecule has 0 fully saturated rings. The Hall–Kier alpha value is -15.0. The summed E-state index contributed by atoms with van der Waals surface area (Å²) >= 11 is 1.86. The molecule has 0 N–H and O–H groups in total. The normalized spacial score (nSPS) is 15.7. The van der Waals surface area contributed by atoms with Gasteiger partial charge in [-0.25, -0.2) is 9.97 Å². The molecule has 4 spiro atoms. The minimum absolute atomic E-state index is 0.518. The quantitative estimate of drug-likeness (QED) is 0.161. The van der Waals surface area contributed by atoms with Crippen LogP contribution in [0, 0.1) is 0 Å². The highest BCUT2D eigenvalue weighted by molar-refractivity contribution is 7.21. The smallest absolute Gasteiger partial charge is 0.109 e. The van der Waals surface area contributed by atoms with E-state index in [0.29, 0.717) is 0 Å². The molecule has 0 aliphatic heterocycles. The van der Waals surface area contributed by atoms with Crippen LogP contribution in [0.15, 0.2) is 406 Å². The molecule has 122 heavy (non-hydrogen) atoms. The second-order valence-corrected chi connectivity index (χ2v) is 35.4. The molecule has 2 nitrogen and oxygen atoms in total. The number of fused-ring (bicyclic) bond motifs is 44. The van der Waals surface area contributed by atoms with Crippen molar-refractivity contribution in [3.63, 3.8) is 0 Å². The van der Waals surface area contributed by atoms with Crippen molar-refractivity contribution < 1.29 is 0 Å². The number of hydrogen-bond acceptors (Lipinski definition) is 3. The lowest BCUT2D eigenvalue weighted by Crippen LogP contribution is -2.26. The Balaban J connectivity index is 0.760. The Morgan fingerprint density at radius 1 is 0.230 bits per heavy atom. The van der Waals surface area contributed by atoms with Gasteiger partial charge in [-0.2, -0.15) is 0 Å². The highest BCUT2D eigenvalue weighted by Crippen LogP contribution is 2.71. The SMILES string of the molecule is C=C/C=C1\C(=C/C)c2c(-c3sc(-c4cccc5c4-c4ccccc4C54c5ccccc5-c5ccccc54)c4nc5c6cc(-c7cccc8c7-c7ccccc7C87c8ccccc8-c8ccccc87)ccc6c6ccc(-c7cccc8c7-c7ccccc7C87c8ccccc8-c8ccccc87)cc6c5nc34)cccc2C12c1ccccc1-c1ccccc12. The van der Waals surface area contributed by atoms with Gasteiger partial charge >= 0.3 is 0 Å². The molecule has 2 heterocycles. The Labute approximate surface area is 710 Å². The van der Waals surface area contributed by atoms with Crippen molar-refractivity contribution in [1.82, 2.24) is 9.97 Å². The molecule has 0 saturated heterocycles. The van der Waals surface area contributed by atoms with Gasteiger partial charge in [0.2, 0.25) is 0 Å². The Morgan fingerprint density at radius 3 is 0.787 bits per heavy atom. The first-order valence-electron chi connectivity index (χ1n) is 42.8. The third-order valence-electron chi connectivity index (χ3n) is 29.5. The van der Waals surface area contributed by atoms with Crippen LogP contribution in [0.5, 0.6) is 0 Å². The second-order valence-electron chi connectivity index (χ2n) is 34.3. The number of allylic oxidation sites excluding steroid dienone is 5. The van der Waals surface area contributed by atoms with Gasteiger partial charge in [0.1, 0.15) is 11.0 Å². The highest BCUT2D eigenvalue weighted by atomic mass is 32.1. The van der Waals surface area contributed by atoms with Crippen molar-refractivity contribution in [1.29, 1.82) is 0 Å². The monoisotopic (exact) mass is 1560 g/mol. The molecule has 8 aliphatic carbocycles. The van der Waals surface area contributed by atoms with Crippen molar-refractivity contribution in [2.45, 2.75) is 28.6 Å². The average Bonchev–Trinajstić information content (AvgIpc) is 1.51. The van der Waals surface area contributed by atoms with E-state index in [-0.39, 0.29) is 0 Å². The summed E-state index contributed by atoms with van der Waals surface area (Å²) < 4.78 is 0. The van der Waals surface area contributed by atoms with Crippen molar-refractivity contribution in [2.75, 3.05) is 0 Å². The first-order valence-corrected chi connectivity index (χ1v) is 43.6. The van der Waals surface area contributed by atoms with Crippen LogP contribution in [0.3, 0.4) is 0 Å². The van der Waals surface area contributed by atoms with Crippen LogP contribution in [-0.2, 0) is 21.7 Å². The summed E-state index contributed by atoms with van der Waals surface area (Å²) in [6, 6.07) is 144. The van der Waals surface area contributed by atoms with Gasteiger partial charge in [-0.1, -0.05) is 389 Å². The minimum Gasteiger partial charge on any atom is -0.242 e. The molecule has 562 valence electrons. The molecule has 8 aliphatic rings. The predicted octanol–water partition coefficient (Wildman–Crippen LogP) is 29.7. The second kappa shape index (κ2) is 23.9. The maximum absolute atomic E-state index is 6.57. The molecule has 0 amide bonds. The summed E-state index contributed by atoms with van der Waals surface area (Å²) in [6.07, 6.45) is 6.66. The van der Waals surface area contributed by atoms with E-state index in [1.807, 2.05) is 17.4 Å². The Kier molecular flexibility index (Phi) is 13.1. The lowest BCUT2D eigenvalue weighted by atomic mass is 9.70. The number of thiophene rings is 1. The van der Waals surface area contributed by atoms with Gasteiger partial charge in [0.25, 0.3) is 0 Å². The van der Waals surface area contributed by atoms with Crippen LogP contribution in [-0.4, -0.2) is 9.97 Å². The van der Waals surface area contributed by atoms with E-state index in [4.69, 9.17) is 9.97 Å². The van der Waals surface area contributed by atoms with E-state index in [1.165, 1.54) is 189 Å². The molecule has 0 bridgehead atoms. The summed E-state index contributed by atoms with van der Waals surface area (Å²) in [5.74, 6) is 0. The van der Waals surface area contributed by atoms with E-state index in [2.05, 4.69) is 402 Å². The first-order chi connectivity index (χ1) is 60.5. The van der Waals surface area contributed by atoms with E-state index in [0.717, 1.165) is 75.6 Å². The molecule has 0 radical (unpaired) electrons. The minimum atomic E-state index is -0.645. The van der Waals surface area contributed by atoms with E-state index in [1.54, 1.807) is 0 Å². The number of benzene rings is 18. The van der Waals surface area contributed by atoms with Crippen LogP contribution in [0.4, 0.5) is 0 Å². The van der Waals surface area contributed by atoms with Crippen LogP contribution in [0.1, 0.15) is 95.9 Å². The molecular formula is C119H70N2S. The number of nitrogens with zero attached hydrogens (tertiary/aromatic N) is 2. The largest absolute Gasteiger partial charge is 0.242 e. The van der Waals surface area contributed by atoms with E-state index < -0.39 is 21.7 Å². The lowest BCUT2D eigenvalue weighted by molar-refractivity contribution is 0.794. The van der Waals surface area contributed by atoms with Gasteiger partial charge in [0, 0.05) is 21.9 Å². The fourth-order valence-electron chi connectivity index (χ4n) is 25.4. The maximum atomic E-state index is 6.57.